The van der Waals surface area contributed by atoms with Crippen LogP contribution in [0.3, 0.4) is 0 Å². The first kappa shape index (κ1) is 20.1. The Bertz CT molecular complexity index is 1120. The monoisotopic (exact) mass is 480 g/mol. The van der Waals surface area contributed by atoms with Crippen molar-refractivity contribution >= 4 is 56.8 Å². The number of nitrogens with one attached hydrogen (secondary N) is 2. The van der Waals surface area contributed by atoms with E-state index in [1.54, 1.807) is 36.4 Å². The molecule has 0 saturated carbocycles. The second-order valence-electron chi connectivity index (χ2n) is 5.45. The molecule has 0 aliphatic heterocycles. The van der Waals surface area contributed by atoms with Crippen molar-refractivity contribution in [2.24, 2.45) is 0 Å². The number of rotatable bonds is 3. The van der Waals surface area contributed by atoms with Gasteiger partial charge in [-0.2, -0.15) is 9.78 Å². The zero-order chi connectivity index (χ0) is 20.3. The number of carbonyl (C=O) groups is 2. The molecular weight excluding hydrogens is 471 g/mol. The lowest BCUT2D eigenvalue weighted by atomic mass is 10.2. The second kappa shape index (κ2) is 8.55. The summed E-state index contributed by atoms with van der Waals surface area (Å²) in [5.74, 6) is -0.679. The molecule has 2 aromatic carbocycles. The predicted molar refractivity (Wildman–Crippen MR) is 110 cm³/mol. The third-order valence-corrected chi connectivity index (χ3v) is 4.93. The van der Waals surface area contributed by atoms with E-state index in [0.717, 1.165) is 4.68 Å². The van der Waals surface area contributed by atoms with Gasteiger partial charge in [-0.1, -0.05) is 35.3 Å². The Kier molecular flexibility index (Phi) is 6.13. The smallest absolute Gasteiger partial charge is 0.305 e. The Morgan fingerprint density at radius 3 is 2.39 bits per heavy atom. The van der Waals surface area contributed by atoms with E-state index in [0.29, 0.717) is 10.7 Å². The lowest BCUT2D eigenvalue weighted by Gasteiger charge is -2.10. The van der Waals surface area contributed by atoms with Crippen LogP contribution in [0.2, 0.25) is 10.0 Å². The summed E-state index contributed by atoms with van der Waals surface area (Å²) in [6, 6.07) is 12.0. The maximum Gasteiger partial charge on any atom is 0.326 e. The number of hydrogen-bond donors (Lipinski definition) is 2. The minimum Gasteiger partial charge on any atom is -0.305 e. The molecular formula is C18H11BrCl2N4O3. The number of urea groups is 1. The first-order chi connectivity index (χ1) is 13.4. The Balaban J connectivity index is 1.77. The van der Waals surface area contributed by atoms with Gasteiger partial charge in [0.25, 0.3) is 11.5 Å². The van der Waals surface area contributed by atoms with E-state index in [-0.39, 0.29) is 20.7 Å². The van der Waals surface area contributed by atoms with E-state index in [2.05, 4.69) is 31.7 Å². The highest BCUT2D eigenvalue weighted by Gasteiger charge is 2.16. The molecule has 2 N–H and O–H groups in total. The van der Waals surface area contributed by atoms with Crippen molar-refractivity contribution in [3.05, 3.63) is 85.2 Å². The molecule has 0 aliphatic carbocycles. The van der Waals surface area contributed by atoms with Gasteiger partial charge in [-0.3, -0.25) is 14.9 Å². The summed E-state index contributed by atoms with van der Waals surface area (Å²) in [7, 11) is 0. The topological polar surface area (TPSA) is 93.1 Å². The fourth-order valence-electron chi connectivity index (χ4n) is 2.26. The highest BCUT2D eigenvalue weighted by molar-refractivity contribution is 9.10. The van der Waals surface area contributed by atoms with Crippen LogP contribution < -0.4 is 16.2 Å². The molecule has 0 unspecified atom stereocenters. The van der Waals surface area contributed by atoms with Crippen LogP contribution in [-0.2, 0) is 0 Å². The molecule has 3 aromatic rings. The highest BCUT2D eigenvalue weighted by Crippen LogP contribution is 2.19. The van der Waals surface area contributed by atoms with Crippen LogP contribution in [0.4, 0.5) is 10.5 Å². The lowest BCUT2D eigenvalue weighted by molar-refractivity contribution is 0.0967. The van der Waals surface area contributed by atoms with Gasteiger partial charge < -0.3 is 5.32 Å². The summed E-state index contributed by atoms with van der Waals surface area (Å²) in [5.41, 5.74) is 0.242. The maximum atomic E-state index is 12.5. The first-order valence-corrected chi connectivity index (χ1v) is 9.32. The van der Waals surface area contributed by atoms with Gasteiger partial charge in [0.15, 0.2) is 0 Å². The molecule has 1 heterocycles. The zero-order valence-electron chi connectivity index (χ0n) is 13.9. The van der Waals surface area contributed by atoms with Gasteiger partial charge in [-0.25, -0.2) is 4.79 Å². The molecule has 28 heavy (non-hydrogen) atoms. The molecule has 7 nitrogen and oxygen atoms in total. The van der Waals surface area contributed by atoms with Gasteiger partial charge in [0, 0.05) is 5.02 Å². The van der Waals surface area contributed by atoms with E-state index in [4.69, 9.17) is 23.2 Å². The minimum absolute atomic E-state index is 0.0674. The Morgan fingerprint density at radius 1 is 1.04 bits per heavy atom. The van der Waals surface area contributed by atoms with E-state index >= 15 is 0 Å². The van der Waals surface area contributed by atoms with Gasteiger partial charge in [0.2, 0.25) is 0 Å². The van der Waals surface area contributed by atoms with Gasteiger partial charge in [0.1, 0.15) is 4.47 Å². The number of halogens is 3. The summed E-state index contributed by atoms with van der Waals surface area (Å²) in [4.78, 5) is 36.7. The van der Waals surface area contributed by atoms with Crippen molar-refractivity contribution in [2.45, 2.75) is 0 Å². The zero-order valence-corrected chi connectivity index (χ0v) is 17.0. The quantitative estimate of drug-likeness (QED) is 0.584. The molecule has 0 atom stereocenters. The second-order valence-corrected chi connectivity index (χ2v) is 7.09. The fraction of sp³-hybridized carbons (Fsp3) is 0. The molecule has 0 aliphatic rings. The van der Waals surface area contributed by atoms with Gasteiger partial charge in [0.05, 0.1) is 28.2 Å². The van der Waals surface area contributed by atoms with E-state index in [1.807, 2.05) is 0 Å². The SMILES string of the molecule is O=C(NC(=O)c1ccccc1Cl)Nc1cnn(-c2ccc(Cl)cc2)c(=O)c1Br. The number of imide groups is 1. The van der Waals surface area contributed by atoms with Crippen molar-refractivity contribution in [3.63, 3.8) is 0 Å². The van der Waals surface area contributed by atoms with Crippen molar-refractivity contribution in [1.82, 2.24) is 15.1 Å². The Morgan fingerprint density at radius 2 is 1.71 bits per heavy atom. The number of hydrogen-bond acceptors (Lipinski definition) is 4. The Hall–Kier alpha value is -2.68. The third-order valence-electron chi connectivity index (χ3n) is 3.58. The summed E-state index contributed by atoms with van der Waals surface area (Å²) < 4.78 is 1.20. The molecule has 10 heteroatoms. The number of amides is 3. The van der Waals surface area contributed by atoms with Crippen LogP contribution in [0.1, 0.15) is 10.4 Å². The van der Waals surface area contributed by atoms with Gasteiger partial charge in [-0.05, 0) is 52.3 Å². The predicted octanol–water partition coefficient (Wildman–Crippen LogP) is 4.26. The summed E-state index contributed by atoms with van der Waals surface area (Å²) in [5, 5.41) is 9.30. The molecule has 0 fully saturated rings. The van der Waals surface area contributed by atoms with Crippen molar-refractivity contribution in [2.75, 3.05) is 5.32 Å². The standard InChI is InChI=1S/C18H11BrCl2N4O3/c19-15-14(9-22-25(17(15)27)11-7-5-10(20)6-8-11)23-18(28)24-16(26)12-3-1-2-4-13(12)21/h1-9H,(H2,23,24,26,28). The molecule has 0 saturated heterocycles. The number of carbonyl (C=O) groups excluding carboxylic acids is 2. The van der Waals surface area contributed by atoms with Crippen LogP contribution >= 0.6 is 39.1 Å². The number of aromatic nitrogens is 2. The lowest BCUT2D eigenvalue weighted by Crippen LogP contribution is -2.35. The third kappa shape index (κ3) is 4.41. The summed E-state index contributed by atoms with van der Waals surface area (Å²) in [6.07, 6.45) is 1.28. The molecule has 142 valence electrons. The van der Waals surface area contributed by atoms with Crippen LogP contribution in [0.25, 0.3) is 5.69 Å². The Labute approximate surface area is 177 Å². The van der Waals surface area contributed by atoms with Crippen molar-refractivity contribution in [1.29, 1.82) is 0 Å². The van der Waals surface area contributed by atoms with E-state index in [1.165, 1.54) is 18.3 Å². The number of anilines is 1. The minimum atomic E-state index is -0.837. The average molecular weight is 482 g/mol. The highest BCUT2D eigenvalue weighted by atomic mass is 79.9. The molecule has 0 radical (unpaired) electrons. The maximum absolute atomic E-state index is 12.5. The van der Waals surface area contributed by atoms with Crippen molar-refractivity contribution in [3.8, 4) is 5.69 Å². The van der Waals surface area contributed by atoms with E-state index in [9.17, 15) is 14.4 Å². The number of benzene rings is 2. The first-order valence-electron chi connectivity index (χ1n) is 7.77. The van der Waals surface area contributed by atoms with Gasteiger partial charge in [-0.15, -0.1) is 0 Å². The van der Waals surface area contributed by atoms with Crippen LogP contribution in [0.15, 0.2) is 64.0 Å². The number of nitrogens with zero attached hydrogens (tertiary/aromatic N) is 2. The summed E-state index contributed by atoms with van der Waals surface area (Å²) >= 11 is 14.9. The molecule has 0 spiro atoms. The van der Waals surface area contributed by atoms with E-state index < -0.39 is 17.5 Å². The normalized spacial score (nSPS) is 10.4. The molecule has 3 rings (SSSR count). The van der Waals surface area contributed by atoms with Gasteiger partial charge >= 0.3 is 6.03 Å². The van der Waals surface area contributed by atoms with Crippen LogP contribution in [0, 0.1) is 0 Å². The molecule has 1 aromatic heterocycles. The molecule has 0 bridgehead atoms. The fourth-order valence-corrected chi connectivity index (χ4v) is 2.97. The van der Waals surface area contributed by atoms with Crippen molar-refractivity contribution < 1.29 is 9.59 Å². The largest absolute Gasteiger partial charge is 0.326 e. The van der Waals surface area contributed by atoms with Crippen LogP contribution in [0.5, 0.6) is 0 Å². The van der Waals surface area contributed by atoms with Crippen LogP contribution in [-0.4, -0.2) is 21.7 Å². The molecule has 3 amide bonds. The summed E-state index contributed by atoms with van der Waals surface area (Å²) in [6.45, 7) is 0. The average Bonchev–Trinajstić information content (AvgIpc) is 2.67.